The van der Waals surface area contributed by atoms with Crippen LogP contribution in [0.4, 0.5) is 0 Å². The lowest BCUT2D eigenvalue weighted by Gasteiger charge is -2.30. The molecule has 6 nitrogen and oxygen atoms in total. The van der Waals surface area contributed by atoms with Crippen molar-refractivity contribution in [2.45, 2.75) is 33.2 Å². The van der Waals surface area contributed by atoms with Crippen molar-refractivity contribution in [2.75, 3.05) is 13.1 Å². The third kappa shape index (κ3) is 3.76. The van der Waals surface area contributed by atoms with Gasteiger partial charge in [-0.2, -0.15) is 0 Å². The van der Waals surface area contributed by atoms with Crippen molar-refractivity contribution in [2.24, 2.45) is 5.92 Å². The molecule has 1 aromatic rings. The van der Waals surface area contributed by atoms with Gasteiger partial charge in [0.1, 0.15) is 6.33 Å². The molecule has 1 aliphatic rings. The van der Waals surface area contributed by atoms with E-state index in [9.17, 15) is 9.59 Å². The van der Waals surface area contributed by atoms with Crippen LogP contribution in [0.3, 0.4) is 0 Å². The van der Waals surface area contributed by atoms with E-state index in [-0.39, 0.29) is 17.7 Å². The Hall–Kier alpha value is -1.98. The Bertz CT molecular complexity index is 496. The highest BCUT2D eigenvalue weighted by atomic mass is 16.2. The van der Waals surface area contributed by atoms with Crippen LogP contribution in [-0.2, 0) is 16.1 Å². The zero-order chi connectivity index (χ0) is 14.5. The van der Waals surface area contributed by atoms with Crippen LogP contribution >= 0.6 is 0 Å². The highest BCUT2D eigenvalue weighted by molar-refractivity contribution is 5.79. The first-order valence-corrected chi connectivity index (χ1v) is 6.87. The second kappa shape index (κ2) is 6.45. The van der Waals surface area contributed by atoms with Crippen molar-refractivity contribution >= 4 is 11.8 Å². The molecule has 0 radical (unpaired) electrons. The first-order chi connectivity index (χ1) is 9.56. The van der Waals surface area contributed by atoms with E-state index >= 15 is 0 Å². The van der Waals surface area contributed by atoms with Gasteiger partial charge in [0.05, 0.1) is 12.2 Å². The summed E-state index contributed by atoms with van der Waals surface area (Å²) in [5, 5.41) is 2.91. The minimum atomic E-state index is -0.00599. The Kier molecular flexibility index (Phi) is 4.65. The predicted octanol–water partition coefficient (Wildman–Crippen LogP) is 0.660. The van der Waals surface area contributed by atoms with Crippen molar-refractivity contribution in [1.29, 1.82) is 0 Å². The molecule has 6 heteroatoms. The molecule has 2 rings (SSSR count). The molecule has 1 fully saturated rings. The fraction of sp³-hybridized carbons (Fsp3) is 0.571. The quantitative estimate of drug-likeness (QED) is 0.880. The van der Waals surface area contributed by atoms with Gasteiger partial charge in [0.15, 0.2) is 0 Å². The molecule has 0 bridgehead atoms. The zero-order valence-electron chi connectivity index (χ0n) is 11.9. The number of aryl methyl sites for hydroxylation is 1. The molecule has 0 atom stereocenters. The summed E-state index contributed by atoms with van der Waals surface area (Å²) in [6.07, 6.45) is 2.96. The summed E-state index contributed by atoms with van der Waals surface area (Å²) in [4.78, 5) is 33.2. The van der Waals surface area contributed by atoms with E-state index in [1.165, 1.54) is 6.33 Å². The molecule has 0 aliphatic carbocycles. The molecule has 1 N–H and O–H groups in total. The molecular formula is C14H20N4O2. The normalized spacial score (nSPS) is 16.0. The van der Waals surface area contributed by atoms with Crippen LogP contribution in [-0.4, -0.2) is 39.8 Å². The molecule has 108 valence electrons. The number of likely N-dealkylation sites (tertiary alicyclic amines) is 1. The molecule has 0 saturated carbocycles. The number of hydrogen-bond donors (Lipinski definition) is 1. The van der Waals surface area contributed by atoms with Crippen molar-refractivity contribution in [1.82, 2.24) is 20.2 Å². The number of piperidine rings is 1. The Balaban J connectivity index is 1.80. The first kappa shape index (κ1) is 14.4. The maximum Gasteiger partial charge on any atom is 0.223 e. The average Bonchev–Trinajstić information content (AvgIpc) is 2.45. The lowest BCUT2D eigenvalue weighted by atomic mass is 9.96. The average molecular weight is 276 g/mol. The monoisotopic (exact) mass is 276 g/mol. The Labute approximate surface area is 118 Å². The number of nitrogens with zero attached hydrogens (tertiary/aromatic N) is 3. The minimum Gasteiger partial charge on any atom is -0.350 e. The van der Waals surface area contributed by atoms with Gasteiger partial charge in [0.25, 0.3) is 0 Å². The van der Waals surface area contributed by atoms with Gasteiger partial charge in [-0.1, -0.05) is 0 Å². The number of nitrogens with one attached hydrogen (secondary N) is 1. The maximum atomic E-state index is 12.1. The molecular weight excluding hydrogens is 256 g/mol. The van der Waals surface area contributed by atoms with Gasteiger partial charge in [-0.05, 0) is 25.8 Å². The SMILES string of the molecule is CC(=O)N1CCC(C(=O)NCc2cc(C)ncn2)CC1. The van der Waals surface area contributed by atoms with Crippen LogP contribution in [0.5, 0.6) is 0 Å². The minimum absolute atomic E-state index is 0.00599. The smallest absolute Gasteiger partial charge is 0.223 e. The largest absolute Gasteiger partial charge is 0.350 e. The topological polar surface area (TPSA) is 75.2 Å². The van der Waals surface area contributed by atoms with Crippen LogP contribution < -0.4 is 5.32 Å². The van der Waals surface area contributed by atoms with Gasteiger partial charge < -0.3 is 10.2 Å². The predicted molar refractivity (Wildman–Crippen MR) is 73.6 cm³/mol. The van der Waals surface area contributed by atoms with Gasteiger partial charge >= 0.3 is 0 Å². The van der Waals surface area contributed by atoms with E-state index in [0.717, 1.165) is 24.2 Å². The fourth-order valence-corrected chi connectivity index (χ4v) is 2.39. The van der Waals surface area contributed by atoms with Crippen molar-refractivity contribution in [3.63, 3.8) is 0 Å². The van der Waals surface area contributed by atoms with Crippen LogP contribution in [0.1, 0.15) is 31.2 Å². The molecule has 2 amide bonds. The molecule has 0 unspecified atom stereocenters. The Morgan fingerprint density at radius 3 is 2.65 bits per heavy atom. The van der Waals surface area contributed by atoms with Crippen molar-refractivity contribution in [3.8, 4) is 0 Å². The van der Waals surface area contributed by atoms with E-state index in [4.69, 9.17) is 0 Å². The molecule has 2 heterocycles. The third-order valence-corrected chi connectivity index (χ3v) is 3.62. The zero-order valence-corrected chi connectivity index (χ0v) is 11.9. The van der Waals surface area contributed by atoms with Crippen LogP contribution in [0.2, 0.25) is 0 Å². The van der Waals surface area contributed by atoms with Crippen molar-refractivity contribution in [3.05, 3.63) is 23.8 Å². The number of aromatic nitrogens is 2. The summed E-state index contributed by atoms with van der Waals surface area (Å²) >= 11 is 0. The molecule has 0 aromatic carbocycles. The second-order valence-electron chi connectivity index (χ2n) is 5.15. The summed E-state index contributed by atoms with van der Waals surface area (Å²) in [7, 11) is 0. The summed E-state index contributed by atoms with van der Waals surface area (Å²) in [5.41, 5.74) is 1.70. The van der Waals surface area contributed by atoms with E-state index in [0.29, 0.717) is 19.6 Å². The summed E-state index contributed by atoms with van der Waals surface area (Å²) in [5.74, 6) is 0.123. The van der Waals surface area contributed by atoms with E-state index in [2.05, 4.69) is 15.3 Å². The lowest BCUT2D eigenvalue weighted by molar-refractivity contribution is -0.134. The Morgan fingerprint density at radius 2 is 2.05 bits per heavy atom. The van der Waals surface area contributed by atoms with Crippen molar-refractivity contribution < 1.29 is 9.59 Å². The van der Waals surface area contributed by atoms with Gasteiger partial charge in [-0.15, -0.1) is 0 Å². The highest BCUT2D eigenvalue weighted by Gasteiger charge is 2.25. The van der Waals surface area contributed by atoms with E-state index in [1.807, 2.05) is 13.0 Å². The van der Waals surface area contributed by atoms with E-state index in [1.54, 1.807) is 11.8 Å². The standard InChI is InChI=1S/C14H20N4O2/c1-10-7-13(17-9-16-10)8-15-14(20)12-3-5-18(6-4-12)11(2)19/h7,9,12H,3-6,8H2,1-2H3,(H,15,20). The second-order valence-corrected chi connectivity index (χ2v) is 5.15. The molecule has 0 spiro atoms. The maximum absolute atomic E-state index is 12.1. The third-order valence-electron chi connectivity index (χ3n) is 3.62. The van der Waals surface area contributed by atoms with Crippen LogP contribution in [0, 0.1) is 12.8 Å². The number of rotatable bonds is 3. The number of carbonyl (C=O) groups is 2. The summed E-state index contributed by atoms with van der Waals surface area (Å²) in [6.45, 7) is 5.22. The first-order valence-electron chi connectivity index (χ1n) is 6.87. The van der Waals surface area contributed by atoms with Crippen LogP contribution in [0.15, 0.2) is 12.4 Å². The number of hydrogen-bond acceptors (Lipinski definition) is 4. The summed E-state index contributed by atoms with van der Waals surface area (Å²) < 4.78 is 0. The van der Waals surface area contributed by atoms with Gasteiger partial charge in [-0.3, -0.25) is 9.59 Å². The van der Waals surface area contributed by atoms with Crippen LogP contribution in [0.25, 0.3) is 0 Å². The lowest BCUT2D eigenvalue weighted by Crippen LogP contribution is -2.42. The Morgan fingerprint density at radius 1 is 1.35 bits per heavy atom. The highest BCUT2D eigenvalue weighted by Crippen LogP contribution is 2.17. The van der Waals surface area contributed by atoms with Gasteiger partial charge in [-0.25, -0.2) is 9.97 Å². The van der Waals surface area contributed by atoms with Gasteiger partial charge in [0, 0.05) is 31.6 Å². The molecule has 1 saturated heterocycles. The molecule has 1 aliphatic heterocycles. The summed E-state index contributed by atoms with van der Waals surface area (Å²) in [6, 6.07) is 1.86. The number of amides is 2. The molecule has 1 aromatic heterocycles. The van der Waals surface area contributed by atoms with Gasteiger partial charge in [0.2, 0.25) is 11.8 Å². The van der Waals surface area contributed by atoms with E-state index < -0.39 is 0 Å². The number of carbonyl (C=O) groups excluding carboxylic acids is 2. The molecule has 20 heavy (non-hydrogen) atoms. The fourth-order valence-electron chi connectivity index (χ4n) is 2.39.